The summed E-state index contributed by atoms with van der Waals surface area (Å²) >= 11 is 0. The van der Waals surface area contributed by atoms with Crippen LogP contribution in [0.25, 0.3) is 0 Å². The topological polar surface area (TPSA) is 45.5 Å². The fourth-order valence-electron chi connectivity index (χ4n) is 2.02. The van der Waals surface area contributed by atoms with Crippen molar-refractivity contribution in [2.75, 3.05) is 13.1 Å². The molecule has 1 saturated carbocycles. The lowest BCUT2D eigenvalue weighted by atomic mass is 10.3. The molecule has 4 heteroatoms. The van der Waals surface area contributed by atoms with Crippen LogP contribution in [0.1, 0.15) is 37.7 Å². The van der Waals surface area contributed by atoms with Gasteiger partial charge in [0.1, 0.15) is 11.5 Å². The van der Waals surface area contributed by atoms with E-state index >= 15 is 0 Å². The van der Waals surface area contributed by atoms with Gasteiger partial charge in [0.15, 0.2) is 0 Å². The van der Waals surface area contributed by atoms with E-state index in [1.165, 1.54) is 0 Å². The van der Waals surface area contributed by atoms with Gasteiger partial charge >= 0.3 is 0 Å². The van der Waals surface area contributed by atoms with Crippen molar-refractivity contribution in [3.05, 3.63) is 23.7 Å². The molecule has 0 spiro atoms. The number of hydrogen-bond acceptors (Lipinski definition) is 3. The van der Waals surface area contributed by atoms with Crippen molar-refractivity contribution in [2.45, 2.75) is 45.7 Å². The highest BCUT2D eigenvalue weighted by atomic mass is 16.3. The Morgan fingerprint density at radius 1 is 1.50 bits per heavy atom. The van der Waals surface area contributed by atoms with E-state index < -0.39 is 0 Å². The van der Waals surface area contributed by atoms with Gasteiger partial charge in [-0.1, -0.05) is 6.92 Å². The predicted molar refractivity (Wildman–Crippen MR) is 70.2 cm³/mol. The minimum Gasteiger partial charge on any atom is -0.464 e. The normalized spacial score (nSPS) is 14.8. The highest BCUT2D eigenvalue weighted by molar-refractivity contribution is 5.78. The molecule has 0 atom stereocenters. The SMILES string of the molecule is CCCNCC(=O)N(Cc1ccc(C)o1)C1CC1. The number of amides is 1. The number of nitrogens with one attached hydrogen (secondary N) is 1. The first-order chi connectivity index (χ1) is 8.70. The van der Waals surface area contributed by atoms with Gasteiger partial charge in [0.05, 0.1) is 13.1 Å². The molecule has 1 heterocycles. The van der Waals surface area contributed by atoms with Gasteiger partial charge in [-0.25, -0.2) is 0 Å². The number of hydrogen-bond donors (Lipinski definition) is 1. The molecule has 100 valence electrons. The molecule has 4 nitrogen and oxygen atoms in total. The van der Waals surface area contributed by atoms with E-state index in [0.29, 0.717) is 19.1 Å². The monoisotopic (exact) mass is 250 g/mol. The van der Waals surface area contributed by atoms with Crippen LogP contribution in [-0.2, 0) is 11.3 Å². The standard InChI is InChI=1S/C14H22N2O2/c1-3-8-15-9-14(17)16(12-5-6-12)10-13-7-4-11(2)18-13/h4,7,12,15H,3,5-6,8-10H2,1-2H3. The van der Waals surface area contributed by atoms with E-state index in [0.717, 1.165) is 37.3 Å². The maximum absolute atomic E-state index is 12.1. The van der Waals surface area contributed by atoms with Gasteiger partial charge in [-0.2, -0.15) is 0 Å². The Labute approximate surface area is 108 Å². The molecule has 0 saturated heterocycles. The predicted octanol–water partition coefficient (Wildman–Crippen LogP) is 2.08. The summed E-state index contributed by atoms with van der Waals surface area (Å²) in [5.41, 5.74) is 0. The van der Waals surface area contributed by atoms with Gasteiger partial charge in [0, 0.05) is 6.04 Å². The molecule has 1 aromatic heterocycles. The van der Waals surface area contributed by atoms with E-state index in [1.54, 1.807) is 0 Å². The first-order valence-electron chi connectivity index (χ1n) is 6.76. The van der Waals surface area contributed by atoms with Crippen LogP contribution in [0.15, 0.2) is 16.5 Å². The molecule has 1 amide bonds. The molecule has 2 rings (SSSR count). The number of carbonyl (C=O) groups is 1. The first-order valence-corrected chi connectivity index (χ1v) is 6.76. The maximum atomic E-state index is 12.1. The van der Waals surface area contributed by atoms with Crippen LogP contribution < -0.4 is 5.32 Å². The second-order valence-electron chi connectivity index (χ2n) is 4.94. The minimum absolute atomic E-state index is 0.181. The Balaban J connectivity index is 1.89. The Morgan fingerprint density at radius 3 is 2.83 bits per heavy atom. The molecule has 0 aromatic carbocycles. The van der Waals surface area contributed by atoms with Crippen LogP contribution in [-0.4, -0.2) is 29.9 Å². The molecule has 1 fully saturated rings. The first kappa shape index (κ1) is 13.1. The van der Waals surface area contributed by atoms with E-state index in [2.05, 4.69) is 12.2 Å². The third kappa shape index (κ3) is 3.60. The molecule has 0 bridgehead atoms. The molecule has 0 aliphatic heterocycles. The highest BCUT2D eigenvalue weighted by Gasteiger charge is 2.32. The summed E-state index contributed by atoms with van der Waals surface area (Å²) in [6.07, 6.45) is 3.30. The van der Waals surface area contributed by atoms with Crippen LogP contribution in [0.5, 0.6) is 0 Å². The molecular formula is C14H22N2O2. The zero-order valence-electron chi connectivity index (χ0n) is 11.2. The summed E-state index contributed by atoms with van der Waals surface area (Å²) in [4.78, 5) is 14.1. The lowest BCUT2D eigenvalue weighted by Gasteiger charge is -2.21. The Hall–Kier alpha value is -1.29. The molecule has 1 aliphatic rings. The number of furan rings is 1. The zero-order chi connectivity index (χ0) is 13.0. The van der Waals surface area contributed by atoms with Gasteiger partial charge in [0.25, 0.3) is 0 Å². The molecule has 0 unspecified atom stereocenters. The second kappa shape index (κ2) is 6.05. The number of carbonyl (C=O) groups excluding carboxylic acids is 1. The van der Waals surface area contributed by atoms with Crippen LogP contribution >= 0.6 is 0 Å². The lowest BCUT2D eigenvalue weighted by molar-refractivity contribution is -0.131. The van der Waals surface area contributed by atoms with E-state index in [1.807, 2.05) is 24.0 Å². The van der Waals surface area contributed by atoms with Crippen LogP contribution in [0.2, 0.25) is 0 Å². The molecule has 1 N–H and O–H groups in total. The molecule has 1 aliphatic carbocycles. The zero-order valence-corrected chi connectivity index (χ0v) is 11.2. The summed E-state index contributed by atoms with van der Waals surface area (Å²) < 4.78 is 5.55. The van der Waals surface area contributed by atoms with Crippen molar-refractivity contribution in [2.24, 2.45) is 0 Å². The molecular weight excluding hydrogens is 228 g/mol. The van der Waals surface area contributed by atoms with Gasteiger partial charge in [0.2, 0.25) is 5.91 Å². The fraction of sp³-hybridized carbons (Fsp3) is 0.643. The maximum Gasteiger partial charge on any atom is 0.237 e. The lowest BCUT2D eigenvalue weighted by Crippen LogP contribution is -2.39. The van der Waals surface area contributed by atoms with Crippen LogP contribution in [0.3, 0.4) is 0 Å². The van der Waals surface area contributed by atoms with E-state index in [4.69, 9.17) is 4.42 Å². The second-order valence-corrected chi connectivity index (χ2v) is 4.94. The van der Waals surface area contributed by atoms with E-state index in [-0.39, 0.29) is 5.91 Å². The molecule has 1 aromatic rings. The fourth-order valence-corrected chi connectivity index (χ4v) is 2.02. The van der Waals surface area contributed by atoms with Gasteiger partial charge in [-0.15, -0.1) is 0 Å². The third-order valence-corrected chi connectivity index (χ3v) is 3.13. The summed E-state index contributed by atoms with van der Waals surface area (Å²) in [7, 11) is 0. The van der Waals surface area contributed by atoms with Crippen LogP contribution in [0.4, 0.5) is 0 Å². The average molecular weight is 250 g/mol. The summed E-state index contributed by atoms with van der Waals surface area (Å²) in [5, 5.41) is 3.17. The summed E-state index contributed by atoms with van der Waals surface area (Å²) in [5.74, 6) is 1.96. The van der Waals surface area contributed by atoms with Crippen molar-refractivity contribution in [3.8, 4) is 0 Å². The highest BCUT2D eigenvalue weighted by Crippen LogP contribution is 2.28. The number of nitrogens with zero attached hydrogens (tertiary/aromatic N) is 1. The van der Waals surface area contributed by atoms with Gasteiger partial charge in [-0.05, 0) is 44.9 Å². The van der Waals surface area contributed by atoms with Crippen molar-refractivity contribution < 1.29 is 9.21 Å². The number of aryl methyl sites for hydroxylation is 1. The average Bonchev–Trinajstić information content (AvgIpc) is 3.10. The number of rotatable bonds is 7. The van der Waals surface area contributed by atoms with Crippen molar-refractivity contribution in [1.29, 1.82) is 0 Å². The van der Waals surface area contributed by atoms with E-state index in [9.17, 15) is 4.79 Å². The quantitative estimate of drug-likeness (QED) is 0.754. The molecule has 0 radical (unpaired) electrons. The minimum atomic E-state index is 0.181. The Morgan fingerprint density at radius 2 is 2.28 bits per heavy atom. The summed E-state index contributed by atoms with van der Waals surface area (Å²) in [6.45, 7) is 5.95. The van der Waals surface area contributed by atoms with Crippen molar-refractivity contribution in [1.82, 2.24) is 10.2 Å². The smallest absolute Gasteiger partial charge is 0.237 e. The van der Waals surface area contributed by atoms with Gasteiger partial charge < -0.3 is 14.6 Å². The van der Waals surface area contributed by atoms with Crippen molar-refractivity contribution in [3.63, 3.8) is 0 Å². The van der Waals surface area contributed by atoms with Crippen molar-refractivity contribution >= 4 is 5.91 Å². The van der Waals surface area contributed by atoms with Crippen LogP contribution in [0, 0.1) is 6.92 Å². The Kier molecular flexibility index (Phi) is 4.42. The summed E-state index contributed by atoms with van der Waals surface area (Å²) in [6, 6.07) is 4.32. The molecule has 18 heavy (non-hydrogen) atoms. The third-order valence-electron chi connectivity index (χ3n) is 3.13. The Bertz CT molecular complexity index is 396. The largest absolute Gasteiger partial charge is 0.464 e. The van der Waals surface area contributed by atoms with Gasteiger partial charge in [-0.3, -0.25) is 4.79 Å².